The summed E-state index contributed by atoms with van der Waals surface area (Å²) in [6.45, 7) is 4.24. The van der Waals surface area contributed by atoms with Gasteiger partial charge < -0.3 is 34.6 Å². The van der Waals surface area contributed by atoms with Gasteiger partial charge in [-0.25, -0.2) is 4.79 Å². The zero-order chi connectivity index (χ0) is 22.8. The number of Topliss-reactive ketones (excluding diaryl/α,β-unsaturated/α-hetero) is 1. The predicted molar refractivity (Wildman–Crippen MR) is 105 cm³/mol. The highest BCUT2D eigenvalue weighted by Crippen LogP contribution is 2.23. The Bertz CT molecular complexity index is 786. The fourth-order valence-electron chi connectivity index (χ4n) is 2.33. The summed E-state index contributed by atoms with van der Waals surface area (Å²) in [5.74, 6) is -2.69. The molecule has 1 aliphatic heterocycles. The van der Waals surface area contributed by atoms with E-state index in [1.807, 2.05) is 0 Å². The van der Waals surface area contributed by atoms with Gasteiger partial charge in [0.15, 0.2) is 5.37 Å². The number of carbonyl (C=O) groups is 4. The van der Waals surface area contributed by atoms with Crippen molar-refractivity contribution < 1.29 is 37.8 Å². The Hall–Kier alpha value is -2.71. The first-order valence-corrected chi connectivity index (χ1v) is 10.3. The number of methoxy groups -OCH3 is 1. The SMILES string of the molecule is COCCOCCOC(=O)NC(C(=O)NC1Sc2nnc(o2)CNC(=O)C1=O)C(C)C. The van der Waals surface area contributed by atoms with Crippen molar-refractivity contribution in [2.45, 2.75) is 37.0 Å². The number of nitrogens with zero attached hydrogens (tertiary/aromatic N) is 2. The van der Waals surface area contributed by atoms with E-state index in [4.69, 9.17) is 18.6 Å². The van der Waals surface area contributed by atoms with Crippen molar-refractivity contribution in [3.05, 3.63) is 5.89 Å². The van der Waals surface area contributed by atoms with Crippen molar-refractivity contribution >= 4 is 35.5 Å². The summed E-state index contributed by atoms with van der Waals surface area (Å²) in [4.78, 5) is 49.2. The van der Waals surface area contributed by atoms with Crippen LogP contribution in [-0.4, -0.2) is 78.8 Å². The number of alkyl carbamates (subject to hydrolysis) is 1. The second-order valence-electron chi connectivity index (χ2n) is 6.62. The van der Waals surface area contributed by atoms with Crippen LogP contribution in [0.2, 0.25) is 0 Å². The average molecular weight is 459 g/mol. The minimum atomic E-state index is -1.31. The lowest BCUT2D eigenvalue weighted by Gasteiger charge is -2.23. The Balaban J connectivity index is 1.93. The van der Waals surface area contributed by atoms with Gasteiger partial charge >= 0.3 is 6.09 Å². The Morgan fingerprint density at radius 1 is 1.23 bits per heavy atom. The second-order valence-corrected chi connectivity index (χ2v) is 7.68. The molecule has 0 spiro atoms. The molecule has 0 aromatic carbocycles. The summed E-state index contributed by atoms with van der Waals surface area (Å²) in [6.07, 6.45) is -0.822. The number of hydrogen-bond donors (Lipinski definition) is 3. The Morgan fingerprint density at radius 2 is 1.97 bits per heavy atom. The predicted octanol–water partition coefficient (Wildman–Crippen LogP) is -0.783. The quantitative estimate of drug-likeness (QED) is 0.296. The van der Waals surface area contributed by atoms with Crippen LogP contribution in [0.1, 0.15) is 19.7 Å². The second kappa shape index (κ2) is 12.2. The highest BCUT2D eigenvalue weighted by atomic mass is 32.2. The van der Waals surface area contributed by atoms with Gasteiger partial charge in [0.2, 0.25) is 11.8 Å². The third kappa shape index (κ3) is 7.80. The monoisotopic (exact) mass is 459 g/mol. The van der Waals surface area contributed by atoms with Gasteiger partial charge in [-0.2, -0.15) is 0 Å². The lowest BCUT2D eigenvalue weighted by Crippen LogP contribution is -2.54. The third-order valence-electron chi connectivity index (χ3n) is 3.92. The summed E-state index contributed by atoms with van der Waals surface area (Å²) in [5.41, 5.74) is 0. The molecule has 1 aromatic heterocycles. The molecule has 172 valence electrons. The number of ketones is 1. The number of nitrogens with one attached hydrogen (secondary N) is 3. The molecule has 1 aliphatic rings. The molecule has 0 saturated heterocycles. The van der Waals surface area contributed by atoms with Crippen molar-refractivity contribution in [3.63, 3.8) is 0 Å². The van der Waals surface area contributed by atoms with E-state index < -0.39 is 35.1 Å². The van der Waals surface area contributed by atoms with Crippen LogP contribution in [0.5, 0.6) is 0 Å². The zero-order valence-corrected chi connectivity index (χ0v) is 18.2. The van der Waals surface area contributed by atoms with Crippen molar-refractivity contribution in [1.29, 1.82) is 0 Å². The molecule has 0 fully saturated rings. The number of aromatic nitrogens is 2. The Morgan fingerprint density at radius 3 is 2.68 bits per heavy atom. The van der Waals surface area contributed by atoms with E-state index in [2.05, 4.69) is 26.1 Å². The molecule has 2 bridgehead atoms. The molecule has 31 heavy (non-hydrogen) atoms. The van der Waals surface area contributed by atoms with Crippen molar-refractivity contribution in [2.75, 3.05) is 33.5 Å². The van der Waals surface area contributed by atoms with Crippen LogP contribution in [0, 0.1) is 5.92 Å². The van der Waals surface area contributed by atoms with Gasteiger partial charge in [-0.1, -0.05) is 13.8 Å². The van der Waals surface area contributed by atoms with Crippen molar-refractivity contribution in [3.8, 4) is 0 Å². The smallest absolute Gasteiger partial charge is 0.407 e. The first kappa shape index (κ1) is 24.6. The molecular formula is C17H25N5O8S. The molecule has 2 atom stereocenters. The summed E-state index contributed by atoms with van der Waals surface area (Å²) in [7, 11) is 1.54. The number of fused-ring (bicyclic) bond motifs is 2. The fraction of sp³-hybridized carbons (Fsp3) is 0.647. The van der Waals surface area contributed by atoms with Crippen LogP contribution in [0.3, 0.4) is 0 Å². The fourth-order valence-corrected chi connectivity index (χ4v) is 3.15. The van der Waals surface area contributed by atoms with Crippen LogP contribution >= 0.6 is 11.8 Å². The van der Waals surface area contributed by atoms with Gasteiger partial charge in [0, 0.05) is 7.11 Å². The van der Waals surface area contributed by atoms with E-state index in [-0.39, 0.29) is 36.8 Å². The number of amides is 3. The molecule has 1 aromatic rings. The van der Waals surface area contributed by atoms with Crippen LogP contribution in [0.25, 0.3) is 0 Å². The summed E-state index contributed by atoms with van der Waals surface area (Å²) >= 11 is 0.732. The van der Waals surface area contributed by atoms with Crippen molar-refractivity contribution in [1.82, 2.24) is 26.1 Å². The Labute approximate surface area is 182 Å². The maximum Gasteiger partial charge on any atom is 0.407 e. The molecular weight excluding hydrogens is 434 g/mol. The van der Waals surface area contributed by atoms with Crippen LogP contribution in [0.4, 0.5) is 4.79 Å². The van der Waals surface area contributed by atoms with Gasteiger partial charge in [-0.15, -0.1) is 10.2 Å². The molecule has 2 heterocycles. The van der Waals surface area contributed by atoms with E-state index in [0.29, 0.717) is 13.2 Å². The van der Waals surface area contributed by atoms with Crippen LogP contribution < -0.4 is 16.0 Å². The topological polar surface area (TPSA) is 171 Å². The number of ether oxygens (including phenoxy) is 3. The van der Waals surface area contributed by atoms with E-state index >= 15 is 0 Å². The highest BCUT2D eigenvalue weighted by Gasteiger charge is 2.34. The maximum absolute atomic E-state index is 12.8. The van der Waals surface area contributed by atoms with Gasteiger partial charge in [-0.05, 0) is 17.7 Å². The van der Waals surface area contributed by atoms with E-state index in [9.17, 15) is 19.2 Å². The normalized spacial score (nSPS) is 17.2. The van der Waals surface area contributed by atoms with Crippen molar-refractivity contribution in [2.24, 2.45) is 5.92 Å². The largest absolute Gasteiger partial charge is 0.447 e. The van der Waals surface area contributed by atoms with E-state index in [1.165, 1.54) is 0 Å². The number of rotatable bonds is 10. The maximum atomic E-state index is 12.8. The summed E-state index contributed by atoms with van der Waals surface area (Å²) in [5, 5.41) is 13.4. The van der Waals surface area contributed by atoms with Crippen LogP contribution in [0.15, 0.2) is 9.64 Å². The minimum Gasteiger partial charge on any atom is -0.447 e. The van der Waals surface area contributed by atoms with Gasteiger partial charge in [-0.3, -0.25) is 14.4 Å². The Kier molecular flexibility index (Phi) is 9.68. The zero-order valence-electron chi connectivity index (χ0n) is 17.3. The molecule has 0 aliphatic carbocycles. The first-order chi connectivity index (χ1) is 14.8. The molecule has 3 amide bonds. The number of hydrogen-bond acceptors (Lipinski definition) is 11. The molecule has 3 N–H and O–H groups in total. The van der Waals surface area contributed by atoms with Gasteiger partial charge in [0.1, 0.15) is 12.6 Å². The number of thioether (sulfide) groups is 1. The first-order valence-electron chi connectivity index (χ1n) is 9.43. The molecule has 2 rings (SSSR count). The van der Waals surface area contributed by atoms with E-state index in [1.54, 1.807) is 21.0 Å². The summed E-state index contributed by atoms with van der Waals surface area (Å²) in [6, 6.07) is -1.02. The third-order valence-corrected chi connectivity index (χ3v) is 4.85. The molecule has 14 heteroatoms. The van der Waals surface area contributed by atoms with Crippen LogP contribution in [-0.2, 0) is 35.1 Å². The molecule has 13 nitrogen and oxygen atoms in total. The van der Waals surface area contributed by atoms with Gasteiger partial charge in [0.05, 0.1) is 26.4 Å². The van der Waals surface area contributed by atoms with E-state index in [0.717, 1.165) is 11.8 Å². The lowest BCUT2D eigenvalue weighted by atomic mass is 10.0. The molecule has 0 saturated carbocycles. The lowest BCUT2D eigenvalue weighted by molar-refractivity contribution is -0.139. The minimum absolute atomic E-state index is 0.0153. The highest BCUT2D eigenvalue weighted by molar-refractivity contribution is 8.00. The molecule has 2 unspecified atom stereocenters. The molecule has 0 radical (unpaired) electrons. The standard InChI is InChI=1S/C17H25N5O8S/c1-9(2)11(19-16(26)29-7-6-28-5-4-27-3)13(24)20-15-12(23)14(25)18-8-10-21-22-17(30-10)31-15/h9,11,15H,4-8H2,1-3H3,(H,18,25)(H,19,26)(H,20,24). The summed E-state index contributed by atoms with van der Waals surface area (Å²) < 4.78 is 20.3. The number of carbonyl (C=O) groups excluding carboxylic acids is 4. The average Bonchev–Trinajstić information content (AvgIpc) is 3.19. The van der Waals surface area contributed by atoms with Gasteiger partial charge in [0.25, 0.3) is 16.9 Å².